The predicted octanol–water partition coefficient (Wildman–Crippen LogP) is 2.87. The third-order valence-electron chi connectivity index (χ3n) is 4.10. The summed E-state index contributed by atoms with van der Waals surface area (Å²) in [6.45, 7) is 3.76. The summed E-state index contributed by atoms with van der Waals surface area (Å²) in [5.74, 6) is -0.829. The SMILES string of the molecule is CCCCNC(=O)C1CCCN(c2ccc(F)cc2[N+](=O)[O-])C1. The van der Waals surface area contributed by atoms with Crippen LogP contribution < -0.4 is 10.2 Å². The molecule has 1 unspecified atom stereocenters. The molecule has 0 saturated carbocycles. The Bertz CT molecular complexity index is 580. The van der Waals surface area contributed by atoms with Crippen molar-refractivity contribution in [2.24, 2.45) is 5.92 Å². The lowest BCUT2D eigenvalue weighted by Gasteiger charge is -2.33. The molecule has 1 aromatic rings. The summed E-state index contributed by atoms with van der Waals surface area (Å²) in [4.78, 5) is 24.6. The first kappa shape index (κ1) is 17.2. The molecular formula is C16H22FN3O3. The Labute approximate surface area is 134 Å². The Hall–Kier alpha value is -2.18. The molecule has 0 aliphatic carbocycles. The lowest BCUT2D eigenvalue weighted by atomic mass is 9.96. The standard InChI is InChI=1S/C16H22FN3O3/c1-2-3-8-18-16(21)12-5-4-9-19(11-12)14-7-6-13(17)10-15(14)20(22)23/h6-7,10,12H,2-5,8-9,11H2,1H3,(H,18,21). The summed E-state index contributed by atoms with van der Waals surface area (Å²) in [5, 5.41) is 14.1. The highest BCUT2D eigenvalue weighted by Gasteiger charge is 2.29. The van der Waals surface area contributed by atoms with Crippen molar-refractivity contribution in [2.45, 2.75) is 32.6 Å². The molecule has 1 aliphatic rings. The highest BCUT2D eigenvalue weighted by Crippen LogP contribution is 2.32. The van der Waals surface area contributed by atoms with E-state index in [-0.39, 0.29) is 17.5 Å². The van der Waals surface area contributed by atoms with Gasteiger partial charge in [-0.1, -0.05) is 13.3 Å². The molecule has 1 aromatic carbocycles. The van der Waals surface area contributed by atoms with Crippen LogP contribution in [0, 0.1) is 21.8 Å². The Morgan fingerprint density at radius 2 is 2.30 bits per heavy atom. The molecule has 1 amide bonds. The fourth-order valence-electron chi connectivity index (χ4n) is 2.85. The molecule has 0 bridgehead atoms. The van der Waals surface area contributed by atoms with Crippen LogP contribution in [0.25, 0.3) is 0 Å². The van der Waals surface area contributed by atoms with Crippen LogP contribution in [0.15, 0.2) is 18.2 Å². The Balaban J connectivity index is 2.09. The number of amides is 1. The molecule has 7 heteroatoms. The minimum absolute atomic E-state index is 0.00656. The van der Waals surface area contributed by atoms with E-state index in [2.05, 4.69) is 12.2 Å². The van der Waals surface area contributed by atoms with E-state index in [1.807, 2.05) is 4.90 Å². The number of unbranched alkanes of at least 4 members (excludes halogenated alkanes) is 1. The van der Waals surface area contributed by atoms with E-state index in [4.69, 9.17) is 0 Å². The van der Waals surface area contributed by atoms with E-state index in [0.717, 1.165) is 31.7 Å². The van der Waals surface area contributed by atoms with Crippen molar-refractivity contribution in [3.8, 4) is 0 Å². The predicted molar refractivity (Wildman–Crippen MR) is 85.9 cm³/mol. The molecule has 1 heterocycles. The normalized spacial score (nSPS) is 17.8. The minimum Gasteiger partial charge on any atom is -0.365 e. The van der Waals surface area contributed by atoms with Crippen molar-refractivity contribution in [1.29, 1.82) is 0 Å². The van der Waals surface area contributed by atoms with Gasteiger partial charge in [0, 0.05) is 19.6 Å². The lowest BCUT2D eigenvalue weighted by molar-refractivity contribution is -0.384. The summed E-state index contributed by atoms with van der Waals surface area (Å²) in [6.07, 6.45) is 3.49. The van der Waals surface area contributed by atoms with Crippen LogP contribution in [0.1, 0.15) is 32.6 Å². The molecule has 0 spiro atoms. The number of rotatable bonds is 6. The van der Waals surface area contributed by atoms with E-state index in [0.29, 0.717) is 25.3 Å². The van der Waals surface area contributed by atoms with Crippen molar-refractivity contribution in [3.63, 3.8) is 0 Å². The van der Waals surface area contributed by atoms with Gasteiger partial charge in [-0.2, -0.15) is 0 Å². The number of nitrogens with one attached hydrogen (secondary N) is 1. The fraction of sp³-hybridized carbons (Fsp3) is 0.562. The highest BCUT2D eigenvalue weighted by molar-refractivity contribution is 5.80. The number of carbonyl (C=O) groups is 1. The first-order chi connectivity index (χ1) is 11.0. The number of nitro groups is 1. The summed E-state index contributed by atoms with van der Waals surface area (Å²) >= 11 is 0. The van der Waals surface area contributed by atoms with Gasteiger partial charge in [-0.3, -0.25) is 14.9 Å². The Morgan fingerprint density at radius 1 is 1.52 bits per heavy atom. The minimum atomic E-state index is -0.633. The second-order valence-electron chi connectivity index (χ2n) is 5.82. The van der Waals surface area contributed by atoms with Crippen LogP contribution in [0.2, 0.25) is 0 Å². The fourth-order valence-corrected chi connectivity index (χ4v) is 2.85. The van der Waals surface area contributed by atoms with Gasteiger partial charge in [-0.05, 0) is 31.4 Å². The molecule has 1 aliphatic heterocycles. The first-order valence-electron chi connectivity index (χ1n) is 7.99. The number of halogens is 1. The van der Waals surface area contributed by atoms with E-state index >= 15 is 0 Å². The molecule has 1 saturated heterocycles. The number of piperidine rings is 1. The van der Waals surface area contributed by atoms with Gasteiger partial charge in [-0.25, -0.2) is 4.39 Å². The number of nitrogens with zero attached hydrogens (tertiary/aromatic N) is 2. The van der Waals surface area contributed by atoms with Gasteiger partial charge in [0.1, 0.15) is 11.5 Å². The van der Waals surface area contributed by atoms with Gasteiger partial charge in [0.15, 0.2) is 0 Å². The van der Waals surface area contributed by atoms with E-state index in [1.54, 1.807) is 0 Å². The van der Waals surface area contributed by atoms with Crippen molar-refractivity contribution in [2.75, 3.05) is 24.5 Å². The van der Waals surface area contributed by atoms with Crippen LogP contribution in [0.4, 0.5) is 15.8 Å². The van der Waals surface area contributed by atoms with Gasteiger partial charge >= 0.3 is 0 Å². The van der Waals surface area contributed by atoms with Gasteiger partial charge in [0.05, 0.1) is 16.9 Å². The number of carbonyl (C=O) groups excluding carboxylic acids is 1. The zero-order valence-electron chi connectivity index (χ0n) is 13.3. The molecule has 0 aromatic heterocycles. The third-order valence-corrected chi connectivity index (χ3v) is 4.10. The summed E-state index contributed by atoms with van der Waals surface area (Å²) in [5.41, 5.74) is 0.125. The largest absolute Gasteiger partial charge is 0.365 e. The number of nitro benzene ring substituents is 1. The van der Waals surface area contributed by atoms with Gasteiger partial charge in [0.2, 0.25) is 5.91 Å². The monoisotopic (exact) mass is 323 g/mol. The van der Waals surface area contributed by atoms with Crippen molar-refractivity contribution in [1.82, 2.24) is 5.32 Å². The topological polar surface area (TPSA) is 75.5 Å². The van der Waals surface area contributed by atoms with Gasteiger partial charge in [0.25, 0.3) is 5.69 Å². The molecule has 1 N–H and O–H groups in total. The summed E-state index contributed by atoms with van der Waals surface area (Å²) in [6, 6.07) is 3.57. The zero-order valence-corrected chi connectivity index (χ0v) is 13.3. The third kappa shape index (κ3) is 4.40. The van der Waals surface area contributed by atoms with Crippen LogP contribution >= 0.6 is 0 Å². The molecule has 0 radical (unpaired) electrons. The Morgan fingerprint density at radius 3 is 3.00 bits per heavy atom. The average Bonchev–Trinajstić information content (AvgIpc) is 2.55. The zero-order chi connectivity index (χ0) is 16.8. The molecule has 126 valence electrons. The van der Waals surface area contributed by atoms with E-state index in [9.17, 15) is 19.3 Å². The van der Waals surface area contributed by atoms with Crippen LogP contribution in [0.5, 0.6) is 0 Å². The van der Waals surface area contributed by atoms with Gasteiger partial charge < -0.3 is 10.2 Å². The maximum Gasteiger partial charge on any atom is 0.295 e. The van der Waals surface area contributed by atoms with E-state index in [1.165, 1.54) is 12.1 Å². The summed E-state index contributed by atoms with van der Waals surface area (Å²) < 4.78 is 13.3. The Kier molecular flexibility index (Phi) is 5.90. The lowest BCUT2D eigenvalue weighted by Crippen LogP contribution is -2.43. The number of benzene rings is 1. The second kappa shape index (κ2) is 7.89. The first-order valence-corrected chi connectivity index (χ1v) is 7.99. The molecule has 1 atom stereocenters. The van der Waals surface area contributed by atoms with Crippen LogP contribution in [-0.4, -0.2) is 30.5 Å². The summed E-state index contributed by atoms with van der Waals surface area (Å²) in [7, 11) is 0. The second-order valence-corrected chi connectivity index (χ2v) is 5.82. The maximum absolute atomic E-state index is 13.3. The molecule has 6 nitrogen and oxygen atoms in total. The van der Waals surface area contributed by atoms with Crippen molar-refractivity contribution < 1.29 is 14.1 Å². The number of hydrogen-bond acceptors (Lipinski definition) is 4. The number of hydrogen-bond donors (Lipinski definition) is 1. The number of anilines is 1. The maximum atomic E-state index is 13.3. The van der Waals surface area contributed by atoms with E-state index < -0.39 is 10.7 Å². The van der Waals surface area contributed by atoms with Crippen LogP contribution in [-0.2, 0) is 4.79 Å². The van der Waals surface area contributed by atoms with Crippen LogP contribution in [0.3, 0.4) is 0 Å². The average molecular weight is 323 g/mol. The highest BCUT2D eigenvalue weighted by atomic mass is 19.1. The van der Waals surface area contributed by atoms with Crippen molar-refractivity contribution >= 4 is 17.3 Å². The smallest absolute Gasteiger partial charge is 0.295 e. The van der Waals surface area contributed by atoms with Crippen molar-refractivity contribution in [3.05, 3.63) is 34.1 Å². The molecular weight excluding hydrogens is 301 g/mol. The molecule has 23 heavy (non-hydrogen) atoms. The molecule has 2 rings (SSSR count). The van der Waals surface area contributed by atoms with Gasteiger partial charge in [-0.15, -0.1) is 0 Å². The quantitative estimate of drug-likeness (QED) is 0.496. The molecule has 1 fully saturated rings.